The maximum Gasteiger partial charge on any atom is 0.250 e. The van der Waals surface area contributed by atoms with Gasteiger partial charge in [0.15, 0.2) is 0 Å². The van der Waals surface area contributed by atoms with E-state index in [0.717, 1.165) is 23.1 Å². The van der Waals surface area contributed by atoms with Crippen LogP contribution in [0, 0.1) is 5.92 Å². The second kappa shape index (κ2) is 9.40. The van der Waals surface area contributed by atoms with Crippen molar-refractivity contribution in [2.24, 2.45) is 11.7 Å². The quantitative estimate of drug-likeness (QED) is 0.554. The molecule has 2 heterocycles. The number of hydrogen-bond donors (Lipinski definition) is 2. The minimum Gasteiger partial charge on any atom is -0.366 e. The molecule has 9 heteroatoms. The van der Waals surface area contributed by atoms with E-state index >= 15 is 0 Å². The van der Waals surface area contributed by atoms with E-state index in [4.69, 9.17) is 10.3 Å². The second-order valence-electron chi connectivity index (χ2n) is 7.47. The molecule has 1 aliphatic heterocycles. The molecule has 4 rings (SSSR count). The molecule has 0 aliphatic carbocycles. The van der Waals surface area contributed by atoms with E-state index in [9.17, 15) is 9.59 Å². The van der Waals surface area contributed by atoms with Gasteiger partial charge in [-0.15, -0.1) is 0 Å². The third-order valence-electron chi connectivity index (χ3n) is 5.34. The largest absolute Gasteiger partial charge is 0.366 e. The Hall–Kier alpha value is -3.04. The zero-order chi connectivity index (χ0) is 21.8. The van der Waals surface area contributed by atoms with Crippen molar-refractivity contribution in [1.29, 1.82) is 0 Å². The van der Waals surface area contributed by atoms with E-state index < -0.39 is 5.91 Å². The molecular weight excluding hydrogens is 462 g/mol. The lowest BCUT2D eigenvalue weighted by atomic mass is 9.95. The smallest absolute Gasteiger partial charge is 0.250 e. The van der Waals surface area contributed by atoms with Crippen LogP contribution in [-0.4, -0.2) is 39.9 Å². The summed E-state index contributed by atoms with van der Waals surface area (Å²) in [6.45, 7) is 2.03. The Morgan fingerprint density at radius 1 is 1.13 bits per heavy atom. The molecule has 1 saturated heterocycles. The van der Waals surface area contributed by atoms with Gasteiger partial charge in [-0.3, -0.25) is 14.5 Å². The van der Waals surface area contributed by atoms with Gasteiger partial charge in [0.1, 0.15) is 0 Å². The van der Waals surface area contributed by atoms with Crippen LogP contribution >= 0.6 is 15.9 Å². The Bertz CT molecular complexity index is 1070. The number of carbonyl (C=O) groups is 2. The van der Waals surface area contributed by atoms with Crippen LogP contribution in [0.5, 0.6) is 0 Å². The van der Waals surface area contributed by atoms with Gasteiger partial charge in [0.2, 0.25) is 17.6 Å². The predicted molar refractivity (Wildman–Crippen MR) is 119 cm³/mol. The van der Waals surface area contributed by atoms with Gasteiger partial charge in [0, 0.05) is 16.0 Å². The van der Waals surface area contributed by atoms with Crippen LogP contribution in [0.15, 0.2) is 57.5 Å². The standard InChI is InChI=1S/C22H22BrN5O3/c23-16-7-5-14(6-8-16)21-26-19(31-27-21)13-28-11-9-15(10-12-28)22(30)25-18-4-2-1-3-17(18)20(24)29/h1-8,15H,9-13H2,(H2,24,29)(H,25,30). The zero-order valence-corrected chi connectivity index (χ0v) is 18.3. The van der Waals surface area contributed by atoms with E-state index in [-0.39, 0.29) is 11.8 Å². The van der Waals surface area contributed by atoms with Gasteiger partial charge >= 0.3 is 0 Å². The Morgan fingerprint density at radius 2 is 1.84 bits per heavy atom. The van der Waals surface area contributed by atoms with Crippen molar-refractivity contribution >= 4 is 33.4 Å². The van der Waals surface area contributed by atoms with Crippen LogP contribution in [-0.2, 0) is 11.3 Å². The van der Waals surface area contributed by atoms with Crippen molar-refractivity contribution in [2.75, 3.05) is 18.4 Å². The fraction of sp³-hybridized carbons (Fsp3) is 0.273. The molecule has 0 spiro atoms. The fourth-order valence-electron chi connectivity index (χ4n) is 3.62. The monoisotopic (exact) mass is 483 g/mol. The first-order valence-corrected chi connectivity index (χ1v) is 10.8. The highest BCUT2D eigenvalue weighted by Gasteiger charge is 2.26. The number of nitrogens with one attached hydrogen (secondary N) is 1. The van der Waals surface area contributed by atoms with Gasteiger partial charge in [-0.25, -0.2) is 0 Å². The average Bonchev–Trinajstić information content (AvgIpc) is 3.23. The van der Waals surface area contributed by atoms with Crippen molar-refractivity contribution in [2.45, 2.75) is 19.4 Å². The lowest BCUT2D eigenvalue weighted by Gasteiger charge is -2.30. The molecule has 0 atom stereocenters. The van der Waals surface area contributed by atoms with Crippen molar-refractivity contribution in [3.63, 3.8) is 0 Å². The molecule has 0 radical (unpaired) electrons. The number of nitrogens with zero attached hydrogens (tertiary/aromatic N) is 3. The van der Waals surface area contributed by atoms with E-state index in [1.807, 2.05) is 24.3 Å². The Balaban J connectivity index is 1.31. The van der Waals surface area contributed by atoms with Crippen molar-refractivity contribution in [1.82, 2.24) is 15.0 Å². The number of nitrogens with two attached hydrogens (primary N) is 1. The summed E-state index contributed by atoms with van der Waals surface area (Å²) in [6, 6.07) is 14.5. The number of likely N-dealkylation sites (tertiary alicyclic amines) is 1. The molecule has 1 aliphatic rings. The lowest BCUT2D eigenvalue weighted by Crippen LogP contribution is -2.38. The number of amides is 2. The number of hydrogen-bond acceptors (Lipinski definition) is 6. The molecule has 8 nitrogen and oxygen atoms in total. The number of piperidine rings is 1. The summed E-state index contributed by atoms with van der Waals surface area (Å²) in [7, 11) is 0. The molecule has 31 heavy (non-hydrogen) atoms. The van der Waals surface area contributed by atoms with E-state index in [2.05, 4.69) is 36.3 Å². The summed E-state index contributed by atoms with van der Waals surface area (Å²) in [4.78, 5) is 30.9. The third kappa shape index (κ3) is 5.18. The zero-order valence-electron chi connectivity index (χ0n) is 16.8. The summed E-state index contributed by atoms with van der Waals surface area (Å²) in [6.07, 6.45) is 1.41. The van der Waals surface area contributed by atoms with Crippen molar-refractivity contribution in [3.05, 3.63) is 64.5 Å². The minimum atomic E-state index is -0.562. The van der Waals surface area contributed by atoms with E-state index in [0.29, 0.717) is 42.4 Å². The summed E-state index contributed by atoms with van der Waals surface area (Å²) >= 11 is 3.41. The normalized spacial score (nSPS) is 15.0. The first kappa shape index (κ1) is 21.2. The topological polar surface area (TPSA) is 114 Å². The molecule has 2 aromatic carbocycles. The molecule has 1 aromatic heterocycles. The number of benzene rings is 2. The molecular formula is C22H22BrN5O3. The fourth-order valence-corrected chi connectivity index (χ4v) is 3.89. The highest BCUT2D eigenvalue weighted by atomic mass is 79.9. The second-order valence-corrected chi connectivity index (χ2v) is 8.38. The Labute approximate surface area is 187 Å². The van der Waals surface area contributed by atoms with Crippen LogP contribution in [0.1, 0.15) is 29.1 Å². The maximum absolute atomic E-state index is 12.7. The lowest BCUT2D eigenvalue weighted by molar-refractivity contribution is -0.121. The van der Waals surface area contributed by atoms with Crippen molar-refractivity contribution in [3.8, 4) is 11.4 Å². The van der Waals surface area contributed by atoms with Gasteiger partial charge in [-0.05, 0) is 62.3 Å². The third-order valence-corrected chi connectivity index (χ3v) is 5.87. The van der Waals surface area contributed by atoms with Gasteiger partial charge in [-0.1, -0.05) is 33.2 Å². The number of anilines is 1. The maximum atomic E-state index is 12.7. The molecule has 160 valence electrons. The van der Waals surface area contributed by atoms with Crippen LogP contribution in [0.4, 0.5) is 5.69 Å². The van der Waals surface area contributed by atoms with Crippen LogP contribution in [0.3, 0.4) is 0 Å². The molecule has 1 fully saturated rings. The molecule has 0 bridgehead atoms. The van der Waals surface area contributed by atoms with Gasteiger partial charge in [-0.2, -0.15) is 4.98 Å². The molecule has 3 aromatic rings. The minimum absolute atomic E-state index is 0.0938. The summed E-state index contributed by atoms with van der Waals surface area (Å²) in [5.41, 5.74) is 7.04. The number of rotatable bonds is 6. The average molecular weight is 484 g/mol. The number of carbonyl (C=O) groups excluding carboxylic acids is 2. The number of aromatic nitrogens is 2. The number of primary amides is 1. The first-order valence-electron chi connectivity index (χ1n) is 10.00. The van der Waals surface area contributed by atoms with Crippen LogP contribution < -0.4 is 11.1 Å². The highest BCUT2D eigenvalue weighted by molar-refractivity contribution is 9.10. The molecule has 0 unspecified atom stereocenters. The van der Waals surface area contributed by atoms with Crippen LogP contribution in [0.2, 0.25) is 0 Å². The summed E-state index contributed by atoms with van der Waals surface area (Å²) < 4.78 is 6.39. The molecule has 0 saturated carbocycles. The predicted octanol–water partition coefficient (Wildman–Crippen LogP) is 3.45. The highest BCUT2D eigenvalue weighted by Crippen LogP contribution is 2.23. The SMILES string of the molecule is NC(=O)c1ccccc1NC(=O)C1CCN(Cc2nc(-c3ccc(Br)cc3)no2)CC1. The Kier molecular flexibility index (Phi) is 6.43. The number of para-hydroxylation sites is 1. The van der Waals surface area contributed by atoms with Gasteiger partial charge < -0.3 is 15.6 Å². The van der Waals surface area contributed by atoms with Gasteiger partial charge in [0.25, 0.3) is 5.91 Å². The Morgan fingerprint density at radius 3 is 2.55 bits per heavy atom. The van der Waals surface area contributed by atoms with Crippen molar-refractivity contribution < 1.29 is 14.1 Å². The first-order chi connectivity index (χ1) is 15.0. The van der Waals surface area contributed by atoms with Crippen LogP contribution in [0.25, 0.3) is 11.4 Å². The number of halogens is 1. The van der Waals surface area contributed by atoms with E-state index in [1.165, 1.54) is 0 Å². The summed E-state index contributed by atoms with van der Waals surface area (Å²) in [5, 5.41) is 6.91. The molecule has 3 N–H and O–H groups in total. The van der Waals surface area contributed by atoms with Gasteiger partial charge in [0.05, 0.1) is 17.8 Å². The summed E-state index contributed by atoms with van der Waals surface area (Å²) in [5.74, 6) is 0.329. The van der Waals surface area contributed by atoms with E-state index in [1.54, 1.807) is 24.3 Å². The molecule has 2 amide bonds.